The van der Waals surface area contributed by atoms with Gasteiger partial charge in [0.1, 0.15) is 0 Å². The summed E-state index contributed by atoms with van der Waals surface area (Å²) in [7, 11) is 0. The SMILES string of the molecule is CCCC(C)CC1(O)CCCCC1C1CCCCC1. The molecule has 0 amide bonds. The van der Waals surface area contributed by atoms with Crippen LogP contribution in [0.5, 0.6) is 0 Å². The van der Waals surface area contributed by atoms with Crippen LogP contribution < -0.4 is 0 Å². The summed E-state index contributed by atoms with van der Waals surface area (Å²) in [6.45, 7) is 4.61. The standard InChI is InChI=1S/C18H34O/c1-3-9-15(2)14-18(19)13-8-7-12-17(18)16-10-5-4-6-11-16/h15-17,19H,3-14H2,1-2H3. The Morgan fingerprint density at radius 1 is 1.05 bits per heavy atom. The van der Waals surface area contributed by atoms with Gasteiger partial charge in [-0.05, 0) is 37.0 Å². The smallest absolute Gasteiger partial charge is 0.0681 e. The molecular formula is C18H34O. The molecule has 1 heteroatoms. The number of hydrogen-bond acceptors (Lipinski definition) is 1. The molecule has 0 bridgehead atoms. The van der Waals surface area contributed by atoms with Crippen LogP contribution in [-0.4, -0.2) is 10.7 Å². The van der Waals surface area contributed by atoms with Gasteiger partial charge in [-0.25, -0.2) is 0 Å². The molecular weight excluding hydrogens is 232 g/mol. The highest BCUT2D eigenvalue weighted by molar-refractivity contribution is 4.94. The van der Waals surface area contributed by atoms with E-state index in [4.69, 9.17) is 0 Å². The fraction of sp³-hybridized carbons (Fsp3) is 1.00. The van der Waals surface area contributed by atoms with Gasteiger partial charge in [-0.3, -0.25) is 0 Å². The molecule has 0 aromatic heterocycles. The first-order chi connectivity index (χ1) is 9.15. The largest absolute Gasteiger partial charge is 0.390 e. The van der Waals surface area contributed by atoms with Gasteiger partial charge in [0.05, 0.1) is 5.60 Å². The van der Waals surface area contributed by atoms with Crippen LogP contribution in [0, 0.1) is 17.8 Å². The summed E-state index contributed by atoms with van der Waals surface area (Å²) in [5, 5.41) is 11.3. The summed E-state index contributed by atoms with van der Waals surface area (Å²) < 4.78 is 0. The Labute approximate surface area is 120 Å². The minimum Gasteiger partial charge on any atom is -0.390 e. The number of hydrogen-bond donors (Lipinski definition) is 1. The van der Waals surface area contributed by atoms with E-state index in [2.05, 4.69) is 13.8 Å². The van der Waals surface area contributed by atoms with Gasteiger partial charge >= 0.3 is 0 Å². The van der Waals surface area contributed by atoms with Crippen molar-refractivity contribution >= 4 is 0 Å². The van der Waals surface area contributed by atoms with Crippen LogP contribution in [0.25, 0.3) is 0 Å². The molecule has 1 nitrogen and oxygen atoms in total. The second-order valence-corrected chi connectivity index (χ2v) is 7.45. The van der Waals surface area contributed by atoms with Crippen LogP contribution in [0.15, 0.2) is 0 Å². The van der Waals surface area contributed by atoms with Crippen LogP contribution in [-0.2, 0) is 0 Å². The van der Waals surface area contributed by atoms with Gasteiger partial charge in [-0.2, -0.15) is 0 Å². The van der Waals surface area contributed by atoms with E-state index < -0.39 is 0 Å². The van der Waals surface area contributed by atoms with Crippen molar-refractivity contribution in [3.8, 4) is 0 Å². The van der Waals surface area contributed by atoms with E-state index in [0.29, 0.717) is 11.8 Å². The molecule has 1 N–H and O–H groups in total. The molecule has 0 aromatic rings. The summed E-state index contributed by atoms with van der Waals surface area (Å²) in [6, 6.07) is 0. The van der Waals surface area contributed by atoms with E-state index in [-0.39, 0.29) is 5.60 Å². The molecule has 0 aromatic carbocycles. The van der Waals surface area contributed by atoms with Crippen LogP contribution >= 0.6 is 0 Å². The summed E-state index contributed by atoms with van der Waals surface area (Å²) in [5.41, 5.74) is -0.325. The first-order valence-electron chi connectivity index (χ1n) is 8.88. The van der Waals surface area contributed by atoms with E-state index in [1.165, 1.54) is 64.2 Å². The third-order valence-electron chi connectivity index (χ3n) is 5.77. The molecule has 2 aliphatic carbocycles. The maximum absolute atomic E-state index is 11.3. The van der Waals surface area contributed by atoms with E-state index in [1.54, 1.807) is 0 Å². The fourth-order valence-electron chi connectivity index (χ4n) is 4.91. The maximum Gasteiger partial charge on any atom is 0.0681 e. The normalized spacial score (nSPS) is 35.2. The fourth-order valence-corrected chi connectivity index (χ4v) is 4.91. The molecule has 0 saturated heterocycles. The van der Waals surface area contributed by atoms with Crippen molar-refractivity contribution in [3.63, 3.8) is 0 Å². The molecule has 0 heterocycles. The average molecular weight is 266 g/mol. The zero-order valence-electron chi connectivity index (χ0n) is 13.2. The molecule has 3 atom stereocenters. The lowest BCUT2D eigenvalue weighted by atomic mass is 9.63. The van der Waals surface area contributed by atoms with Crippen molar-refractivity contribution < 1.29 is 5.11 Å². The average Bonchev–Trinajstić information content (AvgIpc) is 2.40. The Hall–Kier alpha value is -0.0400. The van der Waals surface area contributed by atoms with Crippen molar-refractivity contribution in [2.75, 3.05) is 0 Å². The Morgan fingerprint density at radius 3 is 2.42 bits per heavy atom. The monoisotopic (exact) mass is 266 g/mol. The van der Waals surface area contributed by atoms with Gasteiger partial charge in [-0.1, -0.05) is 71.6 Å². The minimum atomic E-state index is -0.325. The molecule has 3 unspecified atom stereocenters. The predicted octanol–water partition coefficient (Wildman–Crippen LogP) is 5.31. The van der Waals surface area contributed by atoms with Crippen LogP contribution in [0.3, 0.4) is 0 Å². The lowest BCUT2D eigenvalue weighted by Crippen LogP contribution is -2.46. The van der Waals surface area contributed by atoms with Crippen molar-refractivity contribution in [1.82, 2.24) is 0 Å². The molecule has 2 aliphatic rings. The molecule has 2 fully saturated rings. The third-order valence-corrected chi connectivity index (χ3v) is 5.77. The molecule has 0 radical (unpaired) electrons. The first kappa shape index (κ1) is 15.4. The minimum absolute atomic E-state index is 0.325. The van der Waals surface area contributed by atoms with Crippen molar-refractivity contribution in [1.29, 1.82) is 0 Å². The second-order valence-electron chi connectivity index (χ2n) is 7.45. The Balaban J connectivity index is 2.00. The zero-order chi connectivity index (χ0) is 13.7. The van der Waals surface area contributed by atoms with Crippen LogP contribution in [0.2, 0.25) is 0 Å². The summed E-state index contributed by atoms with van der Waals surface area (Å²) in [6.07, 6.45) is 15.6. The lowest BCUT2D eigenvalue weighted by molar-refractivity contribution is -0.0916. The van der Waals surface area contributed by atoms with Gasteiger partial charge in [0.2, 0.25) is 0 Å². The first-order valence-corrected chi connectivity index (χ1v) is 8.88. The van der Waals surface area contributed by atoms with Crippen molar-refractivity contribution in [2.24, 2.45) is 17.8 Å². The Morgan fingerprint density at radius 2 is 1.74 bits per heavy atom. The highest BCUT2D eigenvalue weighted by atomic mass is 16.3. The number of rotatable bonds is 5. The second kappa shape index (κ2) is 7.11. The van der Waals surface area contributed by atoms with E-state index in [9.17, 15) is 5.11 Å². The molecule has 2 rings (SSSR count). The molecule has 0 aliphatic heterocycles. The zero-order valence-corrected chi connectivity index (χ0v) is 13.2. The quantitative estimate of drug-likeness (QED) is 0.714. The lowest BCUT2D eigenvalue weighted by Gasteiger charge is -2.46. The van der Waals surface area contributed by atoms with E-state index in [1.807, 2.05) is 0 Å². The van der Waals surface area contributed by atoms with Crippen molar-refractivity contribution in [2.45, 2.75) is 96.5 Å². The van der Waals surface area contributed by atoms with E-state index in [0.717, 1.165) is 18.8 Å². The Kier molecular flexibility index (Phi) is 5.74. The maximum atomic E-state index is 11.3. The summed E-state index contributed by atoms with van der Waals surface area (Å²) >= 11 is 0. The molecule has 112 valence electrons. The topological polar surface area (TPSA) is 20.2 Å². The Bertz CT molecular complexity index is 256. The van der Waals surface area contributed by atoms with Crippen molar-refractivity contribution in [3.05, 3.63) is 0 Å². The molecule has 2 saturated carbocycles. The van der Waals surface area contributed by atoms with Gasteiger partial charge in [0, 0.05) is 0 Å². The van der Waals surface area contributed by atoms with Gasteiger partial charge in [0.15, 0.2) is 0 Å². The van der Waals surface area contributed by atoms with Gasteiger partial charge in [0.25, 0.3) is 0 Å². The van der Waals surface area contributed by atoms with E-state index >= 15 is 0 Å². The predicted molar refractivity (Wildman–Crippen MR) is 82.2 cm³/mol. The highest BCUT2D eigenvalue weighted by Crippen LogP contribution is 2.46. The van der Waals surface area contributed by atoms with Crippen LogP contribution in [0.4, 0.5) is 0 Å². The number of aliphatic hydroxyl groups is 1. The van der Waals surface area contributed by atoms with Gasteiger partial charge < -0.3 is 5.11 Å². The summed E-state index contributed by atoms with van der Waals surface area (Å²) in [5.74, 6) is 2.13. The molecule has 0 spiro atoms. The van der Waals surface area contributed by atoms with Gasteiger partial charge in [-0.15, -0.1) is 0 Å². The molecule has 19 heavy (non-hydrogen) atoms. The third kappa shape index (κ3) is 3.97. The highest BCUT2D eigenvalue weighted by Gasteiger charge is 2.43. The summed E-state index contributed by atoms with van der Waals surface area (Å²) in [4.78, 5) is 0. The van der Waals surface area contributed by atoms with Crippen LogP contribution in [0.1, 0.15) is 90.9 Å².